The molecule has 0 saturated carbocycles. The van der Waals surface area contributed by atoms with Crippen molar-refractivity contribution in [3.05, 3.63) is 52.4 Å². The Morgan fingerprint density at radius 2 is 2.00 bits per heavy atom. The molecule has 2 aromatic rings. The molecule has 2 rings (SSSR count). The SMILES string of the molecule is CC(C)NCc1cc(COCc2ccc(Cl)cc2)on1. The Bertz CT molecular complexity index is 523. The molecule has 20 heavy (non-hydrogen) atoms. The Hall–Kier alpha value is -1.36. The van der Waals surface area contributed by atoms with Gasteiger partial charge in [-0.3, -0.25) is 0 Å². The highest BCUT2D eigenvalue weighted by atomic mass is 35.5. The lowest BCUT2D eigenvalue weighted by atomic mass is 10.2. The third-order valence-electron chi connectivity index (χ3n) is 2.73. The average molecular weight is 295 g/mol. The predicted molar refractivity (Wildman–Crippen MR) is 78.4 cm³/mol. The molecule has 4 nitrogen and oxygen atoms in total. The minimum Gasteiger partial charge on any atom is -0.369 e. The molecule has 0 bridgehead atoms. The molecule has 0 aliphatic rings. The van der Waals surface area contributed by atoms with E-state index >= 15 is 0 Å². The van der Waals surface area contributed by atoms with Crippen LogP contribution in [0, 0.1) is 0 Å². The van der Waals surface area contributed by atoms with Crippen molar-refractivity contribution in [2.75, 3.05) is 0 Å². The molecular weight excluding hydrogens is 276 g/mol. The van der Waals surface area contributed by atoms with Crippen molar-refractivity contribution in [3.8, 4) is 0 Å². The van der Waals surface area contributed by atoms with Gasteiger partial charge in [0, 0.05) is 23.7 Å². The Morgan fingerprint density at radius 1 is 1.25 bits per heavy atom. The molecule has 1 N–H and O–H groups in total. The zero-order valence-electron chi connectivity index (χ0n) is 11.7. The van der Waals surface area contributed by atoms with E-state index in [2.05, 4.69) is 24.3 Å². The molecule has 0 radical (unpaired) electrons. The molecule has 0 spiro atoms. The van der Waals surface area contributed by atoms with Crippen LogP contribution in [0.2, 0.25) is 5.02 Å². The molecule has 0 unspecified atom stereocenters. The standard InChI is InChI=1S/C15H19ClN2O2/c1-11(2)17-8-14-7-15(20-18-14)10-19-9-12-3-5-13(16)6-4-12/h3-7,11,17H,8-10H2,1-2H3. The molecule has 0 atom stereocenters. The zero-order chi connectivity index (χ0) is 14.4. The van der Waals surface area contributed by atoms with Crippen molar-refractivity contribution in [1.82, 2.24) is 10.5 Å². The van der Waals surface area contributed by atoms with E-state index in [0.717, 1.165) is 22.0 Å². The first-order valence-electron chi connectivity index (χ1n) is 6.63. The number of hydrogen-bond donors (Lipinski definition) is 1. The normalized spacial score (nSPS) is 11.2. The fraction of sp³-hybridized carbons (Fsp3) is 0.400. The summed E-state index contributed by atoms with van der Waals surface area (Å²) in [4.78, 5) is 0. The molecule has 1 aromatic carbocycles. The molecule has 108 valence electrons. The fourth-order valence-corrected chi connectivity index (χ4v) is 1.79. The molecule has 0 amide bonds. The highest BCUT2D eigenvalue weighted by Gasteiger charge is 2.05. The minimum absolute atomic E-state index is 0.414. The second-order valence-corrected chi connectivity index (χ2v) is 5.38. The van der Waals surface area contributed by atoms with Crippen LogP contribution in [0.15, 0.2) is 34.9 Å². The first-order valence-corrected chi connectivity index (χ1v) is 7.01. The van der Waals surface area contributed by atoms with E-state index in [9.17, 15) is 0 Å². The van der Waals surface area contributed by atoms with Gasteiger partial charge in [0.1, 0.15) is 6.61 Å². The van der Waals surface area contributed by atoms with Gasteiger partial charge in [-0.05, 0) is 17.7 Å². The van der Waals surface area contributed by atoms with E-state index in [-0.39, 0.29) is 0 Å². The monoisotopic (exact) mass is 294 g/mol. The van der Waals surface area contributed by atoms with Gasteiger partial charge in [-0.1, -0.05) is 42.7 Å². The van der Waals surface area contributed by atoms with Crippen LogP contribution in [0.4, 0.5) is 0 Å². The molecule has 0 fully saturated rings. The number of hydrogen-bond acceptors (Lipinski definition) is 4. The minimum atomic E-state index is 0.414. The van der Waals surface area contributed by atoms with Crippen molar-refractivity contribution in [1.29, 1.82) is 0 Å². The van der Waals surface area contributed by atoms with Crippen molar-refractivity contribution >= 4 is 11.6 Å². The number of halogens is 1. The van der Waals surface area contributed by atoms with Crippen molar-refractivity contribution in [2.24, 2.45) is 0 Å². The van der Waals surface area contributed by atoms with Gasteiger partial charge in [0.25, 0.3) is 0 Å². The summed E-state index contributed by atoms with van der Waals surface area (Å²) in [6.07, 6.45) is 0. The third-order valence-corrected chi connectivity index (χ3v) is 2.98. The Labute approximate surface area is 124 Å². The van der Waals surface area contributed by atoms with Crippen LogP contribution in [0.5, 0.6) is 0 Å². The van der Waals surface area contributed by atoms with Gasteiger partial charge in [-0.15, -0.1) is 0 Å². The Kier molecular flexibility index (Phi) is 5.59. The maximum atomic E-state index is 5.83. The van der Waals surface area contributed by atoms with E-state index in [1.807, 2.05) is 30.3 Å². The topological polar surface area (TPSA) is 47.3 Å². The first kappa shape index (κ1) is 15.0. The summed E-state index contributed by atoms with van der Waals surface area (Å²) in [7, 11) is 0. The van der Waals surface area contributed by atoms with E-state index in [4.69, 9.17) is 20.9 Å². The van der Waals surface area contributed by atoms with Crippen LogP contribution < -0.4 is 5.32 Å². The summed E-state index contributed by atoms with van der Waals surface area (Å²) < 4.78 is 10.8. The lowest BCUT2D eigenvalue weighted by Gasteiger charge is -2.03. The summed E-state index contributed by atoms with van der Waals surface area (Å²) >= 11 is 5.83. The summed E-state index contributed by atoms with van der Waals surface area (Å²) in [5.41, 5.74) is 1.97. The van der Waals surface area contributed by atoms with Gasteiger partial charge in [-0.25, -0.2) is 0 Å². The fourth-order valence-electron chi connectivity index (χ4n) is 1.67. The highest BCUT2D eigenvalue weighted by Crippen LogP contribution is 2.12. The zero-order valence-corrected chi connectivity index (χ0v) is 12.5. The van der Waals surface area contributed by atoms with Gasteiger partial charge < -0.3 is 14.6 Å². The smallest absolute Gasteiger partial charge is 0.162 e. The van der Waals surface area contributed by atoms with E-state index in [1.54, 1.807) is 0 Å². The van der Waals surface area contributed by atoms with Crippen LogP contribution in [0.3, 0.4) is 0 Å². The first-order chi connectivity index (χ1) is 9.63. The summed E-state index contributed by atoms with van der Waals surface area (Å²) in [6.45, 7) is 5.83. The second-order valence-electron chi connectivity index (χ2n) is 4.94. The quantitative estimate of drug-likeness (QED) is 0.848. The number of ether oxygens (including phenoxy) is 1. The van der Waals surface area contributed by atoms with Crippen molar-refractivity contribution in [3.63, 3.8) is 0 Å². The molecular formula is C15H19ClN2O2. The lowest BCUT2D eigenvalue weighted by Crippen LogP contribution is -2.21. The van der Waals surface area contributed by atoms with Crippen LogP contribution >= 0.6 is 11.6 Å². The highest BCUT2D eigenvalue weighted by molar-refractivity contribution is 6.30. The summed E-state index contributed by atoms with van der Waals surface area (Å²) in [6, 6.07) is 9.93. The number of aromatic nitrogens is 1. The Balaban J connectivity index is 1.75. The maximum absolute atomic E-state index is 5.83. The summed E-state index contributed by atoms with van der Waals surface area (Å²) in [5.74, 6) is 0.736. The van der Waals surface area contributed by atoms with Gasteiger partial charge in [0.05, 0.1) is 12.3 Å². The van der Waals surface area contributed by atoms with Gasteiger partial charge in [0.2, 0.25) is 0 Å². The molecule has 1 heterocycles. The summed E-state index contributed by atoms with van der Waals surface area (Å²) in [5, 5.41) is 8.00. The van der Waals surface area contributed by atoms with E-state index < -0.39 is 0 Å². The Morgan fingerprint density at radius 3 is 2.70 bits per heavy atom. The van der Waals surface area contributed by atoms with E-state index in [0.29, 0.717) is 25.8 Å². The predicted octanol–water partition coefficient (Wildman–Crippen LogP) is 3.54. The van der Waals surface area contributed by atoms with Crippen LogP contribution in [0.1, 0.15) is 30.9 Å². The molecule has 0 aliphatic heterocycles. The average Bonchev–Trinajstić information content (AvgIpc) is 2.87. The molecule has 5 heteroatoms. The second kappa shape index (κ2) is 7.43. The van der Waals surface area contributed by atoms with Crippen molar-refractivity contribution in [2.45, 2.75) is 39.6 Å². The number of benzene rings is 1. The number of nitrogens with one attached hydrogen (secondary N) is 1. The lowest BCUT2D eigenvalue weighted by molar-refractivity contribution is 0.0883. The number of nitrogens with zero attached hydrogens (tertiary/aromatic N) is 1. The largest absolute Gasteiger partial charge is 0.369 e. The molecule has 0 aliphatic carbocycles. The molecule has 1 aromatic heterocycles. The van der Waals surface area contributed by atoms with Gasteiger partial charge in [-0.2, -0.15) is 0 Å². The van der Waals surface area contributed by atoms with Crippen molar-refractivity contribution < 1.29 is 9.26 Å². The van der Waals surface area contributed by atoms with Crippen LogP contribution in [0.25, 0.3) is 0 Å². The van der Waals surface area contributed by atoms with Gasteiger partial charge >= 0.3 is 0 Å². The van der Waals surface area contributed by atoms with Crippen LogP contribution in [-0.4, -0.2) is 11.2 Å². The van der Waals surface area contributed by atoms with E-state index in [1.165, 1.54) is 0 Å². The number of rotatable bonds is 7. The molecule has 0 saturated heterocycles. The van der Waals surface area contributed by atoms with Crippen LogP contribution in [-0.2, 0) is 24.5 Å². The maximum Gasteiger partial charge on any atom is 0.162 e. The van der Waals surface area contributed by atoms with Gasteiger partial charge in [0.15, 0.2) is 5.76 Å². The third kappa shape index (κ3) is 4.96.